The number of aryl methyl sites for hydroxylation is 1. The van der Waals surface area contributed by atoms with E-state index in [0.29, 0.717) is 12.0 Å². The molecule has 0 aliphatic rings. The molecule has 68 valence electrons. The van der Waals surface area contributed by atoms with E-state index in [1.165, 1.54) is 0 Å². The Kier molecular flexibility index (Phi) is 4.47. The van der Waals surface area contributed by atoms with Gasteiger partial charge in [-0.15, -0.1) is 0 Å². The van der Waals surface area contributed by atoms with Crippen molar-refractivity contribution < 1.29 is 34.1 Å². The normalized spacial score (nSPS) is 10.1. The number of hydrogen-bond donors (Lipinski definition) is 0. The molecule has 0 amide bonds. The molecule has 0 radical (unpaired) electrons. The SMILES string of the molecule is CCn1ncc2c(S[O-])cccc21.[Na+]. The van der Waals surface area contributed by atoms with Crippen molar-refractivity contribution in [3.63, 3.8) is 0 Å². The molecule has 2 aromatic rings. The van der Waals surface area contributed by atoms with Gasteiger partial charge in [0.1, 0.15) is 0 Å². The van der Waals surface area contributed by atoms with Gasteiger partial charge in [-0.2, -0.15) is 5.10 Å². The number of nitrogens with zero attached hydrogens (tertiary/aromatic N) is 2. The maximum Gasteiger partial charge on any atom is 1.00 e. The largest absolute Gasteiger partial charge is 1.00 e. The maximum atomic E-state index is 10.7. The Hall–Kier alpha value is 0. The Labute approximate surface area is 109 Å². The van der Waals surface area contributed by atoms with Crippen molar-refractivity contribution in [3.05, 3.63) is 24.4 Å². The first-order valence-electron chi connectivity index (χ1n) is 4.11. The molecule has 0 N–H and O–H groups in total. The van der Waals surface area contributed by atoms with E-state index in [9.17, 15) is 4.55 Å². The summed E-state index contributed by atoms with van der Waals surface area (Å²) in [5, 5.41) is 5.14. The minimum absolute atomic E-state index is 0. The zero-order valence-electron chi connectivity index (χ0n) is 8.23. The molecule has 14 heavy (non-hydrogen) atoms. The molecule has 3 nitrogen and oxygen atoms in total. The predicted molar refractivity (Wildman–Crippen MR) is 52.0 cm³/mol. The van der Waals surface area contributed by atoms with Crippen molar-refractivity contribution in [2.75, 3.05) is 0 Å². The quantitative estimate of drug-likeness (QED) is 0.491. The summed E-state index contributed by atoms with van der Waals surface area (Å²) in [6, 6.07) is 5.68. The van der Waals surface area contributed by atoms with E-state index in [2.05, 4.69) is 5.10 Å². The van der Waals surface area contributed by atoms with Crippen LogP contribution in [0.4, 0.5) is 0 Å². The Bertz CT molecular complexity index is 430. The van der Waals surface area contributed by atoms with Crippen LogP contribution in [0.25, 0.3) is 10.9 Å². The van der Waals surface area contributed by atoms with Gasteiger partial charge in [-0.3, -0.25) is 4.68 Å². The third-order valence-electron chi connectivity index (χ3n) is 2.04. The van der Waals surface area contributed by atoms with E-state index >= 15 is 0 Å². The average Bonchev–Trinajstić information content (AvgIpc) is 2.60. The third kappa shape index (κ3) is 1.99. The summed E-state index contributed by atoms with van der Waals surface area (Å²) in [5.74, 6) is 0. The maximum absolute atomic E-state index is 10.7. The van der Waals surface area contributed by atoms with Gasteiger partial charge in [-0.25, -0.2) is 12.0 Å². The van der Waals surface area contributed by atoms with Crippen molar-refractivity contribution in [2.24, 2.45) is 0 Å². The number of rotatable bonds is 2. The molecule has 0 atom stereocenters. The van der Waals surface area contributed by atoms with Gasteiger partial charge in [-0.05, 0) is 19.1 Å². The van der Waals surface area contributed by atoms with Crippen LogP contribution in [0, 0.1) is 0 Å². The summed E-state index contributed by atoms with van der Waals surface area (Å²) in [7, 11) is 0. The second-order valence-corrected chi connectivity index (χ2v) is 3.34. The van der Waals surface area contributed by atoms with Gasteiger partial charge in [0.2, 0.25) is 0 Å². The van der Waals surface area contributed by atoms with Gasteiger partial charge in [0.15, 0.2) is 0 Å². The number of hydrogen-bond acceptors (Lipinski definition) is 3. The van der Waals surface area contributed by atoms with Crippen LogP contribution < -0.4 is 29.6 Å². The van der Waals surface area contributed by atoms with E-state index in [4.69, 9.17) is 0 Å². The van der Waals surface area contributed by atoms with Crippen molar-refractivity contribution in [1.29, 1.82) is 0 Å². The molecule has 0 unspecified atom stereocenters. The predicted octanol–water partition coefficient (Wildman–Crippen LogP) is -0.717. The fourth-order valence-electron chi connectivity index (χ4n) is 1.40. The molecule has 0 aliphatic heterocycles. The summed E-state index contributed by atoms with van der Waals surface area (Å²) in [4.78, 5) is 0.747. The molecular weight excluding hydrogens is 207 g/mol. The fourth-order valence-corrected chi connectivity index (χ4v) is 1.78. The van der Waals surface area contributed by atoms with Crippen LogP contribution in [0.15, 0.2) is 29.3 Å². The van der Waals surface area contributed by atoms with Crippen LogP contribution in [0.1, 0.15) is 6.92 Å². The number of aromatic nitrogens is 2. The van der Waals surface area contributed by atoms with E-state index in [1.54, 1.807) is 6.20 Å². The van der Waals surface area contributed by atoms with E-state index in [1.807, 2.05) is 29.8 Å². The second-order valence-electron chi connectivity index (χ2n) is 2.73. The monoisotopic (exact) mass is 216 g/mol. The van der Waals surface area contributed by atoms with Gasteiger partial charge < -0.3 is 4.55 Å². The second kappa shape index (κ2) is 5.19. The molecule has 0 bridgehead atoms. The first-order chi connectivity index (χ1) is 6.36. The summed E-state index contributed by atoms with van der Waals surface area (Å²) >= 11 is 0.519. The van der Waals surface area contributed by atoms with Gasteiger partial charge in [0.25, 0.3) is 0 Å². The van der Waals surface area contributed by atoms with Gasteiger partial charge >= 0.3 is 29.6 Å². The van der Waals surface area contributed by atoms with Crippen LogP contribution in [0.2, 0.25) is 0 Å². The Morgan fingerprint density at radius 2 is 2.29 bits per heavy atom. The minimum Gasteiger partial charge on any atom is -0.795 e. The molecule has 0 spiro atoms. The molecule has 0 fully saturated rings. The van der Waals surface area contributed by atoms with Crippen LogP contribution >= 0.6 is 12.0 Å². The first-order valence-corrected chi connectivity index (χ1v) is 4.85. The zero-order chi connectivity index (χ0) is 9.26. The Morgan fingerprint density at radius 3 is 2.93 bits per heavy atom. The Balaban J connectivity index is 0.000000980. The topological polar surface area (TPSA) is 40.9 Å². The molecule has 1 aromatic carbocycles. The van der Waals surface area contributed by atoms with Crippen molar-refractivity contribution in [2.45, 2.75) is 18.4 Å². The molecule has 1 aromatic heterocycles. The average molecular weight is 216 g/mol. The van der Waals surface area contributed by atoms with Gasteiger partial charge in [0, 0.05) is 16.8 Å². The smallest absolute Gasteiger partial charge is 0.795 e. The molecular formula is C9H9N2NaOS. The van der Waals surface area contributed by atoms with Crippen LogP contribution in [0.5, 0.6) is 0 Å². The molecule has 2 rings (SSSR count). The van der Waals surface area contributed by atoms with Crippen LogP contribution in [-0.4, -0.2) is 14.3 Å². The Morgan fingerprint density at radius 1 is 1.50 bits per heavy atom. The molecule has 0 saturated heterocycles. The minimum atomic E-state index is 0. The van der Waals surface area contributed by atoms with E-state index < -0.39 is 0 Å². The van der Waals surface area contributed by atoms with Crippen LogP contribution in [0.3, 0.4) is 0 Å². The fraction of sp³-hybridized carbons (Fsp3) is 0.222. The van der Waals surface area contributed by atoms with Crippen molar-refractivity contribution in [3.8, 4) is 0 Å². The molecule has 5 heteroatoms. The van der Waals surface area contributed by atoms with Gasteiger partial charge in [0.05, 0.1) is 11.7 Å². The summed E-state index contributed by atoms with van der Waals surface area (Å²) in [5.41, 5.74) is 1.03. The summed E-state index contributed by atoms with van der Waals surface area (Å²) in [6.07, 6.45) is 1.75. The van der Waals surface area contributed by atoms with Crippen molar-refractivity contribution in [1.82, 2.24) is 9.78 Å². The van der Waals surface area contributed by atoms with Crippen LogP contribution in [-0.2, 0) is 6.54 Å². The number of fused-ring (bicyclic) bond motifs is 1. The van der Waals surface area contributed by atoms with E-state index in [0.717, 1.165) is 22.3 Å². The standard InChI is InChI=1S/C9H10N2OS.Na/c1-2-11-8-4-3-5-9(13-12)7(8)6-10-11;/h3-6,12H,2H2,1H3;/q;+1/p-1. The van der Waals surface area contributed by atoms with E-state index in [-0.39, 0.29) is 29.6 Å². The summed E-state index contributed by atoms with van der Waals surface area (Å²) in [6.45, 7) is 2.86. The first kappa shape index (κ1) is 12.1. The summed E-state index contributed by atoms with van der Waals surface area (Å²) < 4.78 is 12.6. The van der Waals surface area contributed by atoms with Crippen molar-refractivity contribution >= 4 is 22.9 Å². The number of benzene rings is 1. The molecule has 1 heterocycles. The molecule has 0 saturated carbocycles. The zero-order valence-corrected chi connectivity index (χ0v) is 11.0. The molecule has 0 aliphatic carbocycles. The third-order valence-corrected chi connectivity index (χ3v) is 2.57. The van der Waals surface area contributed by atoms with Gasteiger partial charge in [-0.1, -0.05) is 6.07 Å².